The molecule has 2 rings (SSSR count). The van der Waals surface area contributed by atoms with Gasteiger partial charge in [-0.05, 0) is 49.3 Å². The summed E-state index contributed by atoms with van der Waals surface area (Å²) in [6.07, 6.45) is 3.85. The van der Waals surface area contributed by atoms with E-state index < -0.39 is 0 Å². The Morgan fingerprint density at radius 2 is 2.13 bits per heavy atom. The highest BCUT2D eigenvalue weighted by atomic mass is 14.9. The highest BCUT2D eigenvalue weighted by Crippen LogP contribution is 2.48. The van der Waals surface area contributed by atoms with E-state index in [2.05, 4.69) is 50.4 Å². The van der Waals surface area contributed by atoms with Crippen molar-refractivity contribution in [2.24, 2.45) is 5.41 Å². The third kappa shape index (κ3) is 2.34. The average molecular weight is 203 g/mol. The topological polar surface area (TPSA) is 12.0 Å². The Labute approximate surface area is 92.9 Å². The molecule has 1 fully saturated rings. The fourth-order valence-corrected chi connectivity index (χ4v) is 1.94. The van der Waals surface area contributed by atoms with E-state index in [1.54, 1.807) is 0 Å². The molecule has 1 aliphatic rings. The summed E-state index contributed by atoms with van der Waals surface area (Å²) in [5, 5.41) is 3.62. The quantitative estimate of drug-likeness (QED) is 0.783. The van der Waals surface area contributed by atoms with Gasteiger partial charge in [-0.25, -0.2) is 0 Å². The van der Waals surface area contributed by atoms with E-state index in [1.807, 2.05) is 0 Å². The van der Waals surface area contributed by atoms with Crippen LogP contribution in [-0.2, 0) is 6.42 Å². The molecular formula is C14H21N. The van der Waals surface area contributed by atoms with Crippen molar-refractivity contribution in [2.45, 2.75) is 46.1 Å². The van der Waals surface area contributed by atoms with Gasteiger partial charge in [0.15, 0.2) is 0 Å². The zero-order chi connectivity index (χ0) is 10.9. The maximum Gasteiger partial charge on any atom is 0.0345 e. The van der Waals surface area contributed by atoms with E-state index in [4.69, 9.17) is 0 Å². The SMILES string of the molecule is CCc1cccc(NC(C)C2(C)CC2)c1. The molecule has 0 aromatic heterocycles. The first-order valence-electron chi connectivity index (χ1n) is 5.99. The van der Waals surface area contributed by atoms with Crippen molar-refractivity contribution in [1.29, 1.82) is 0 Å². The molecule has 0 spiro atoms. The molecule has 1 atom stereocenters. The van der Waals surface area contributed by atoms with Gasteiger partial charge in [-0.2, -0.15) is 0 Å². The Morgan fingerprint density at radius 3 is 2.73 bits per heavy atom. The monoisotopic (exact) mass is 203 g/mol. The van der Waals surface area contributed by atoms with Crippen LogP contribution in [0.15, 0.2) is 24.3 Å². The Balaban J connectivity index is 2.03. The average Bonchev–Trinajstić information content (AvgIpc) is 2.98. The van der Waals surface area contributed by atoms with E-state index in [1.165, 1.54) is 24.1 Å². The van der Waals surface area contributed by atoms with Gasteiger partial charge in [-0.1, -0.05) is 26.0 Å². The largest absolute Gasteiger partial charge is 0.382 e. The molecule has 0 bridgehead atoms. The number of anilines is 1. The van der Waals surface area contributed by atoms with Crippen LogP contribution in [0.1, 0.15) is 39.2 Å². The maximum atomic E-state index is 3.62. The molecule has 0 heterocycles. The molecular weight excluding hydrogens is 182 g/mol. The molecule has 1 nitrogen and oxygen atoms in total. The molecule has 15 heavy (non-hydrogen) atoms. The number of rotatable bonds is 4. The lowest BCUT2D eigenvalue weighted by molar-refractivity contribution is 0.493. The summed E-state index contributed by atoms with van der Waals surface area (Å²) in [4.78, 5) is 0. The van der Waals surface area contributed by atoms with Gasteiger partial charge in [0.1, 0.15) is 0 Å². The second-order valence-electron chi connectivity index (χ2n) is 5.07. The van der Waals surface area contributed by atoms with Gasteiger partial charge in [0.25, 0.3) is 0 Å². The summed E-state index contributed by atoms with van der Waals surface area (Å²) < 4.78 is 0. The van der Waals surface area contributed by atoms with E-state index in [0.717, 1.165) is 6.42 Å². The van der Waals surface area contributed by atoms with Crippen LogP contribution in [0.5, 0.6) is 0 Å². The van der Waals surface area contributed by atoms with Crippen molar-refractivity contribution in [2.75, 3.05) is 5.32 Å². The molecule has 0 aliphatic heterocycles. The van der Waals surface area contributed by atoms with Crippen molar-refractivity contribution < 1.29 is 0 Å². The molecule has 0 radical (unpaired) electrons. The van der Waals surface area contributed by atoms with Gasteiger partial charge in [-0.3, -0.25) is 0 Å². The predicted octanol–water partition coefficient (Wildman–Crippen LogP) is 3.85. The summed E-state index contributed by atoms with van der Waals surface area (Å²) >= 11 is 0. The molecule has 1 N–H and O–H groups in total. The molecule has 1 aromatic carbocycles. The van der Waals surface area contributed by atoms with Crippen LogP contribution >= 0.6 is 0 Å². The van der Waals surface area contributed by atoms with Gasteiger partial charge >= 0.3 is 0 Å². The Hall–Kier alpha value is -0.980. The number of nitrogens with one attached hydrogen (secondary N) is 1. The zero-order valence-electron chi connectivity index (χ0n) is 10.0. The number of hydrogen-bond acceptors (Lipinski definition) is 1. The lowest BCUT2D eigenvalue weighted by Gasteiger charge is -2.21. The van der Waals surface area contributed by atoms with Crippen LogP contribution in [0.25, 0.3) is 0 Å². The molecule has 1 heteroatoms. The molecule has 1 unspecified atom stereocenters. The zero-order valence-corrected chi connectivity index (χ0v) is 10.0. The molecule has 1 aliphatic carbocycles. The standard InChI is InChI=1S/C14H21N/c1-4-12-6-5-7-13(10-12)15-11(2)14(3)8-9-14/h5-7,10-11,15H,4,8-9H2,1-3H3. The van der Waals surface area contributed by atoms with E-state index in [9.17, 15) is 0 Å². The van der Waals surface area contributed by atoms with Crippen LogP contribution in [-0.4, -0.2) is 6.04 Å². The second kappa shape index (κ2) is 3.88. The molecule has 0 saturated heterocycles. The first-order chi connectivity index (χ1) is 7.14. The normalized spacial score (nSPS) is 19.7. The van der Waals surface area contributed by atoms with Crippen molar-refractivity contribution >= 4 is 5.69 Å². The first-order valence-corrected chi connectivity index (χ1v) is 5.99. The van der Waals surface area contributed by atoms with Crippen LogP contribution in [0, 0.1) is 5.41 Å². The van der Waals surface area contributed by atoms with Crippen molar-refractivity contribution in [3.05, 3.63) is 29.8 Å². The highest BCUT2D eigenvalue weighted by molar-refractivity contribution is 5.47. The van der Waals surface area contributed by atoms with Crippen LogP contribution < -0.4 is 5.32 Å². The van der Waals surface area contributed by atoms with Crippen molar-refractivity contribution in [3.63, 3.8) is 0 Å². The summed E-state index contributed by atoms with van der Waals surface area (Å²) in [6.45, 7) is 6.87. The summed E-state index contributed by atoms with van der Waals surface area (Å²) in [5.74, 6) is 0. The number of hydrogen-bond donors (Lipinski definition) is 1. The lowest BCUT2D eigenvalue weighted by Crippen LogP contribution is -2.24. The highest BCUT2D eigenvalue weighted by Gasteiger charge is 2.42. The second-order valence-corrected chi connectivity index (χ2v) is 5.07. The van der Waals surface area contributed by atoms with Gasteiger partial charge in [-0.15, -0.1) is 0 Å². The lowest BCUT2D eigenvalue weighted by atomic mass is 10.0. The molecule has 0 amide bonds. The Kier molecular flexibility index (Phi) is 2.72. The van der Waals surface area contributed by atoms with Gasteiger partial charge < -0.3 is 5.32 Å². The summed E-state index contributed by atoms with van der Waals surface area (Å²) in [5.41, 5.74) is 3.23. The number of benzene rings is 1. The minimum absolute atomic E-state index is 0.544. The minimum Gasteiger partial charge on any atom is -0.382 e. The maximum absolute atomic E-state index is 3.62. The van der Waals surface area contributed by atoms with Gasteiger partial charge in [0, 0.05) is 11.7 Å². The Bertz CT molecular complexity index is 339. The molecule has 1 saturated carbocycles. The van der Waals surface area contributed by atoms with Gasteiger partial charge in [0.2, 0.25) is 0 Å². The third-order valence-electron chi connectivity index (χ3n) is 3.80. The number of aryl methyl sites for hydroxylation is 1. The van der Waals surface area contributed by atoms with Crippen molar-refractivity contribution in [3.8, 4) is 0 Å². The van der Waals surface area contributed by atoms with E-state index >= 15 is 0 Å². The molecule has 82 valence electrons. The van der Waals surface area contributed by atoms with E-state index in [-0.39, 0.29) is 0 Å². The van der Waals surface area contributed by atoms with Crippen LogP contribution in [0.3, 0.4) is 0 Å². The fraction of sp³-hybridized carbons (Fsp3) is 0.571. The third-order valence-corrected chi connectivity index (χ3v) is 3.80. The summed E-state index contributed by atoms with van der Waals surface area (Å²) in [6, 6.07) is 9.35. The van der Waals surface area contributed by atoms with Crippen molar-refractivity contribution in [1.82, 2.24) is 0 Å². The van der Waals surface area contributed by atoms with Crippen LogP contribution in [0.2, 0.25) is 0 Å². The summed E-state index contributed by atoms with van der Waals surface area (Å²) in [7, 11) is 0. The first kappa shape index (κ1) is 10.5. The van der Waals surface area contributed by atoms with Gasteiger partial charge in [0.05, 0.1) is 0 Å². The Morgan fingerprint density at radius 1 is 1.40 bits per heavy atom. The molecule has 1 aromatic rings. The smallest absolute Gasteiger partial charge is 0.0345 e. The minimum atomic E-state index is 0.544. The predicted molar refractivity (Wildman–Crippen MR) is 66.2 cm³/mol. The van der Waals surface area contributed by atoms with E-state index in [0.29, 0.717) is 11.5 Å². The fourth-order valence-electron chi connectivity index (χ4n) is 1.94. The van der Waals surface area contributed by atoms with Crippen LogP contribution in [0.4, 0.5) is 5.69 Å².